The fourth-order valence-corrected chi connectivity index (χ4v) is 3.90. The van der Waals surface area contributed by atoms with E-state index in [4.69, 9.17) is 5.26 Å². The number of nitrogens with zero attached hydrogens (tertiary/aromatic N) is 4. The fourth-order valence-electron chi connectivity index (χ4n) is 2.88. The molecule has 0 bridgehead atoms. The van der Waals surface area contributed by atoms with Crippen LogP contribution in [-0.4, -0.2) is 46.4 Å². The van der Waals surface area contributed by atoms with Gasteiger partial charge in [0.1, 0.15) is 6.07 Å². The molecule has 2 aromatic rings. The summed E-state index contributed by atoms with van der Waals surface area (Å²) in [5, 5.41) is 29.8. The van der Waals surface area contributed by atoms with Gasteiger partial charge in [-0.2, -0.15) is 5.26 Å². The predicted octanol–water partition coefficient (Wildman–Crippen LogP) is 1.44. The van der Waals surface area contributed by atoms with Gasteiger partial charge in [-0.1, -0.05) is 13.8 Å². The number of thiophene rings is 1. The maximum Gasteiger partial charge on any atom is 0.225 e. The van der Waals surface area contributed by atoms with E-state index in [1.165, 1.54) is 4.88 Å². The second-order valence-corrected chi connectivity index (χ2v) is 7.87. The lowest BCUT2D eigenvalue weighted by Gasteiger charge is -2.17. The Balaban J connectivity index is 1.57. The Morgan fingerprint density at radius 1 is 1.38 bits per heavy atom. The molecule has 0 radical (unpaired) electrons. The summed E-state index contributed by atoms with van der Waals surface area (Å²) in [7, 11) is 0. The van der Waals surface area contributed by atoms with Crippen LogP contribution in [0.4, 0.5) is 5.82 Å². The van der Waals surface area contributed by atoms with E-state index in [9.17, 15) is 9.90 Å². The molecule has 0 aromatic carbocycles. The van der Waals surface area contributed by atoms with Crippen molar-refractivity contribution in [3.8, 4) is 6.07 Å². The molecular formula is C18H21N5O2S. The van der Waals surface area contributed by atoms with Crippen LogP contribution in [0, 0.1) is 11.3 Å². The average Bonchev–Trinajstić information content (AvgIpc) is 3.22. The zero-order valence-corrected chi connectivity index (χ0v) is 15.5. The van der Waals surface area contributed by atoms with Gasteiger partial charge in [-0.05, 0) is 30.2 Å². The van der Waals surface area contributed by atoms with Crippen LogP contribution in [0.25, 0.3) is 0 Å². The highest BCUT2D eigenvalue weighted by Gasteiger charge is 2.33. The first-order valence-corrected chi connectivity index (χ1v) is 9.32. The van der Waals surface area contributed by atoms with Gasteiger partial charge in [0.05, 0.1) is 18.6 Å². The van der Waals surface area contributed by atoms with E-state index in [0.717, 1.165) is 4.88 Å². The van der Waals surface area contributed by atoms with Crippen molar-refractivity contribution in [1.82, 2.24) is 15.5 Å². The maximum absolute atomic E-state index is 12.3. The Kier molecular flexibility index (Phi) is 5.49. The van der Waals surface area contributed by atoms with Crippen LogP contribution in [-0.2, 0) is 11.2 Å². The van der Waals surface area contributed by atoms with Crippen molar-refractivity contribution in [2.75, 3.05) is 18.0 Å². The molecule has 1 fully saturated rings. The standard InChI is InChI=1S/C18H21N5O2S/c1-11(2)16-5-4-13(26-16)7-18(25)20-14-9-23(10-15(14)24)17-6-3-12(8-19)21-22-17/h3-6,11,14-15,24H,7,9-10H2,1-2H3,(H,20,25)/t14-,15-/m1/s1. The van der Waals surface area contributed by atoms with Gasteiger partial charge >= 0.3 is 0 Å². The Hall–Kier alpha value is -2.50. The lowest BCUT2D eigenvalue weighted by molar-refractivity contribution is -0.121. The van der Waals surface area contributed by atoms with Gasteiger partial charge in [0, 0.05) is 22.8 Å². The highest BCUT2D eigenvalue weighted by Crippen LogP contribution is 2.24. The molecular weight excluding hydrogens is 350 g/mol. The zero-order valence-electron chi connectivity index (χ0n) is 14.7. The van der Waals surface area contributed by atoms with Crippen molar-refractivity contribution < 1.29 is 9.90 Å². The second-order valence-electron chi connectivity index (χ2n) is 6.67. The topological polar surface area (TPSA) is 102 Å². The van der Waals surface area contributed by atoms with Crippen molar-refractivity contribution >= 4 is 23.1 Å². The highest BCUT2D eigenvalue weighted by molar-refractivity contribution is 7.12. The molecule has 136 valence electrons. The number of hydrogen-bond acceptors (Lipinski definition) is 7. The number of rotatable bonds is 5. The Labute approximate surface area is 156 Å². The van der Waals surface area contributed by atoms with Crippen molar-refractivity contribution in [3.63, 3.8) is 0 Å². The summed E-state index contributed by atoms with van der Waals surface area (Å²) >= 11 is 1.65. The maximum atomic E-state index is 12.3. The van der Waals surface area contributed by atoms with Gasteiger partial charge in [-0.3, -0.25) is 4.79 Å². The summed E-state index contributed by atoms with van der Waals surface area (Å²) in [6.07, 6.45) is -0.358. The molecule has 1 aliphatic rings. The van der Waals surface area contributed by atoms with E-state index in [1.807, 2.05) is 17.0 Å². The molecule has 3 rings (SSSR count). The molecule has 7 nitrogen and oxygen atoms in total. The summed E-state index contributed by atoms with van der Waals surface area (Å²) in [6, 6.07) is 8.90. The highest BCUT2D eigenvalue weighted by atomic mass is 32.1. The van der Waals surface area contributed by atoms with Crippen LogP contribution in [0.15, 0.2) is 24.3 Å². The van der Waals surface area contributed by atoms with Gasteiger partial charge in [-0.15, -0.1) is 21.5 Å². The lowest BCUT2D eigenvalue weighted by atomic mass is 10.2. The lowest BCUT2D eigenvalue weighted by Crippen LogP contribution is -2.43. The summed E-state index contributed by atoms with van der Waals surface area (Å²) in [5.74, 6) is 0.939. The number of hydrogen-bond donors (Lipinski definition) is 2. The third-order valence-electron chi connectivity index (χ3n) is 4.31. The molecule has 1 saturated heterocycles. The van der Waals surface area contributed by atoms with Gasteiger partial charge in [-0.25, -0.2) is 0 Å². The molecule has 1 aliphatic heterocycles. The number of nitrogens with one attached hydrogen (secondary N) is 1. The SMILES string of the molecule is CC(C)c1ccc(CC(=O)N[C@@H]2CN(c3ccc(C#N)nn3)C[C@H]2O)s1. The number of aromatic nitrogens is 2. The molecule has 26 heavy (non-hydrogen) atoms. The molecule has 0 saturated carbocycles. The minimum Gasteiger partial charge on any atom is -0.389 e. The zero-order chi connectivity index (χ0) is 18.7. The summed E-state index contributed by atoms with van der Waals surface area (Å²) in [5.41, 5.74) is 0.245. The van der Waals surface area contributed by atoms with Crippen LogP contribution < -0.4 is 10.2 Å². The number of aliphatic hydroxyl groups excluding tert-OH is 1. The smallest absolute Gasteiger partial charge is 0.225 e. The number of carbonyl (C=O) groups excluding carboxylic acids is 1. The Morgan fingerprint density at radius 3 is 2.81 bits per heavy atom. The summed E-state index contributed by atoms with van der Waals surface area (Å²) < 4.78 is 0. The van der Waals surface area contributed by atoms with Gasteiger partial charge in [0.15, 0.2) is 11.5 Å². The van der Waals surface area contributed by atoms with E-state index in [-0.39, 0.29) is 17.6 Å². The third-order valence-corrected chi connectivity index (χ3v) is 5.70. The second kappa shape index (κ2) is 7.81. The van der Waals surface area contributed by atoms with Crippen molar-refractivity contribution in [3.05, 3.63) is 39.7 Å². The molecule has 2 atom stereocenters. The molecule has 1 amide bonds. The van der Waals surface area contributed by atoms with E-state index in [2.05, 4.69) is 35.4 Å². The summed E-state index contributed by atoms with van der Waals surface area (Å²) in [4.78, 5) is 16.5. The number of nitriles is 1. The van der Waals surface area contributed by atoms with Crippen LogP contribution in [0.3, 0.4) is 0 Å². The molecule has 2 N–H and O–H groups in total. The Bertz CT molecular complexity index is 812. The number of anilines is 1. The first-order valence-electron chi connectivity index (χ1n) is 8.51. The first-order chi connectivity index (χ1) is 12.5. The largest absolute Gasteiger partial charge is 0.389 e. The quantitative estimate of drug-likeness (QED) is 0.825. The van der Waals surface area contributed by atoms with Gasteiger partial charge in [0.2, 0.25) is 5.91 Å². The Morgan fingerprint density at radius 2 is 2.19 bits per heavy atom. The van der Waals surface area contributed by atoms with Crippen molar-refractivity contribution in [2.24, 2.45) is 0 Å². The third kappa shape index (κ3) is 4.18. The van der Waals surface area contributed by atoms with E-state index in [0.29, 0.717) is 31.2 Å². The van der Waals surface area contributed by atoms with Crippen molar-refractivity contribution in [1.29, 1.82) is 5.26 Å². The average molecular weight is 371 g/mol. The normalized spacial score (nSPS) is 19.6. The molecule has 0 unspecified atom stereocenters. The minimum absolute atomic E-state index is 0.0982. The van der Waals surface area contributed by atoms with Crippen molar-refractivity contribution in [2.45, 2.75) is 38.3 Å². The summed E-state index contributed by atoms with van der Waals surface area (Å²) in [6.45, 7) is 5.08. The van der Waals surface area contributed by atoms with Crippen LogP contribution >= 0.6 is 11.3 Å². The molecule has 2 aromatic heterocycles. The van der Waals surface area contributed by atoms with E-state index < -0.39 is 6.10 Å². The predicted molar refractivity (Wildman–Crippen MR) is 99.0 cm³/mol. The number of aliphatic hydroxyl groups is 1. The number of β-amino-alcohol motifs (C(OH)–C–C–N with tert-alkyl or cyclic N) is 1. The molecule has 8 heteroatoms. The monoisotopic (exact) mass is 371 g/mol. The molecule has 0 spiro atoms. The number of carbonyl (C=O) groups is 1. The molecule has 3 heterocycles. The fraction of sp³-hybridized carbons (Fsp3) is 0.444. The van der Waals surface area contributed by atoms with E-state index in [1.54, 1.807) is 23.5 Å². The first kappa shape index (κ1) is 18.3. The van der Waals surface area contributed by atoms with Crippen LogP contribution in [0.1, 0.15) is 35.2 Å². The minimum atomic E-state index is -0.675. The molecule has 0 aliphatic carbocycles. The van der Waals surface area contributed by atoms with Gasteiger partial charge in [0.25, 0.3) is 0 Å². The van der Waals surface area contributed by atoms with Crippen LogP contribution in [0.2, 0.25) is 0 Å². The van der Waals surface area contributed by atoms with Gasteiger partial charge < -0.3 is 15.3 Å². The van der Waals surface area contributed by atoms with E-state index >= 15 is 0 Å². The number of amides is 1. The van der Waals surface area contributed by atoms with Crippen LogP contribution in [0.5, 0.6) is 0 Å².